The smallest absolute Gasteiger partial charge is 0.221 e. The number of halogens is 2. The molecule has 2 aromatic carbocycles. The molecule has 0 saturated carbocycles. The summed E-state index contributed by atoms with van der Waals surface area (Å²) in [5, 5.41) is 2.56. The van der Waals surface area contributed by atoms with Crippen molar-refractivity contribution in [2.45, 2.75) is 13.8 Å². The average Bonchev–Trinajstić information content (AvgIpc) is 2.42. The third kappa shape index (κ3) is 3.31. The Labute approximate surface area is 120 Å². The number of ketones is 1. The molecule has 5 heteroatoms. The number of benzene rings is 2. The second kappa shape index (κ2) is 5.83. The molecule has 0 aromatic heterocycles. The van der Waals surface area contributed by atoms with Crippen molar-refractivity contribution in [1.82, 2.24) is 0 Å². The molecule has 0 heterocycles. The summed E-state index contributed by atoms with van der Waals surface area (Å²) in [5.41, 5.74) is 0.819. The molecule has 0 bridgehead atoms. The van der Waals surface area contributed by atoms with Crippen molar-refractivity contribution in [3.63, 3.8) is 0 Å². The minimum atomic E-state index is -0.894. The van der Waals surface area contributed by atoms with Crippen LogP contribution in [0.1, 0.15) is 28.4 Å². The lowest BCUT2D eigenvalue weighted by molar-refractivity contribution is -0.114. The fourth-order valence-electron chi connectivity index (χ4n) is 1.89. The molecule has 0 aliphatic carbocycles. The number of anilines is 1. The summed E-state index contributed by atoms with van der Waals surface area (Å²) in [6.45, 7) is 2.83. The van der Waals surface area contributed by atoms with Crippen molar-refractivity contribution < 1.29 is 18.4 Å². The average molecular weight is 289 g/mol. The van der Waals surface area contributed by atoms with Crippen LogP contribution in [0.15, 0.2) is 36.4 Å². The topological polar surface area (TPSA) is 46.2 Å². The summed E-state index contributed by atoms with van der Waals surface area (Å²) in [4.78, 5) is 23.1. The first-order chi connectivity index (χ1) is 9.88. The molecule has 0 aliphatic rings. The molecule has 21 heavy (non-hydrogen) atoms. The summed E-state index contributed by atoms with van der Waals surface area (Å²) in [6.07, 6.45) is 0. The Bertz CT molecular complexity index is 709. The Hall–Kier alpha value is -2.56. The number of hydrogen-bond acceptors (Lipinski definition) is 2. The quantitative estimate of drug-likeness (QED) is 0.879. The predicted octanol–water partition coefficient (Wildman–Crippen LogP) is 3.46. The van der Waals surface area contributed by atoms with Gasteiger partial charge in [-0.2, -0.15) is 0 Å². The Kier molecular flexibility index (Phi) is 4.12. The Balaban J connectivity index is 2.32. The van der Waals surface area contributed by atoms with E-state index >= 15 is 0 Å². The second-order valence-electron chi connectivity index (χ2n) is 4.67. The van der Waals surface area contributed by atoms with Gasteiger partial charge in [0, 0.05) is 24.2 Å². The van der Waals surface area contributed by atoms with Crippen LogP contribution in [0.5, 0.6) is 0 Å². The first-order valence-electron chi connectivity index (χ1n) is 6.26. The van der Waals surface area contributed by atoms with E-state index in [0.717, 1.165) is 0 Å². The van der Waals surface area contributed by atoms with Crippen molar-refractivity contribution in [2.75, 3.05) is 5.32 Å². The van der Waals surface area contributed by atoms with Crippen LogP contribution in [-0.4, -0.2) is 11.7 Å². The summed E-state index contributed by atoms with van der Waals surface area (Å²) in [5.74, 6) is -2.35. The first kappa shape index (κ1) is 14.8. The van der Waals surface area contributed by atoms with Gasteiger partial charge >= 0.3 is 0 Å². The van der Waals surface area contributed by atoms with Crippen molar-refractivity contribution in [1.29, 1.82) is 0 Å². The standard InChI is InChI=1S/C16H13F2NO2/c1-9-7-13(15(18)8-14(9)17)16(21)11-3-5-12(6-4-11)19-10(2)20/h3-8H,1-2H3,(H,19,20). The normalized spacial score (nSPS) is 10.3. The Morgan fingerprint density at radius 1 is 1.00 bits per heavy atom. The van der Waals surface area contributed by atoms with E-state index in [4.69, 9.17) is 0 Å². The van der Waals surface area contributed by atoms with E-state index in [1.54, 1.807) is 12.1 Å². The Morgan fingerprint density at radius 3 is 2.19 bits per heavy atom. The Morgan fingerprint density at radius 2 is 1.62 bits per heavy atom. The molecule has 0 fully saturated rings. The SMILES string of the molecule is CC(=O)Nc1ccc(C(=O)c2cc(C)c(F)cc2F)cc1. The second-order valence-corrected chi connectivity index (χ2v) is 4.67. The number of carbonyl (C=O) groups excluding carboxylic acids is 2. The number of rotatable bonds is 3. The molecule has 108 valence electrons. The van der Waals surface area contributed by atoms with Gasteiger partial charge < -0.3 is 5.32 Å². The van der Waals surface area contributed by atoms with Gasteiger partial charge in [0.15, 0.2) is 5.78 Å². The van der Waals surface area contributed by atoms with E-state index < -0.39 is 17.4 Å². The molecule has 0 unspecified atom stereocenters. The third-order valence-corrected chi connectivity index (χ3v) is 2.96. The number of carbonyl (C=O) groups is 2. The molecule has 3 nitrogen and oxygen atoms in total. The van der Waals surface area contributed by atoms with E-state index in [0.29, 0.717) is 11.8 Å². The van der Waals surface area contributed by atoms with Crippen molar-refractivity contribution in [3.8, 4) is 0 Å². The lowest BCUT2D eigenvalue weighted by Gasteiger charge is -2.07. The molecule has 1 N–H and O–H groups in total. The van der Waals surface area contributed by atoms with Gasteiger partial charge in [0.25, 0.3) is 0 Å². The van der Waals surface area contributed by atoms with Crippen LogP contribution in [0.4, 0.5) is 14.5 Å². The lowest BCUT2D eigenvalue weighted by Crippen LogP contribution is -2.08. The zero-order chi connectivity index (χ0) is 15.6. The van der Waals surface area contributed by atoms with Gasteiger partial charge in [-0.3, -0.25) is 9.59 Å². The summed E-state index contributed by atoms with van der Waals surface area (Å²) in [6, 6.07) is 7.94. The summed E-state index contributed by atoms with van der Waals surface area (Å²) in [7, 11) is 0. The van der Waals surface area contributed by atoms with Gasteiger partial charge in [0.2, 0.25) is 5.91 Å². The zero-order valence-corrected chi connectivity index (χ0v) is 11.5. The number of amides is 1. The van der Waals surface area contributed by atoms with E-state index in [2.05, 4.69) is 5.32 Å². The monoisotopic (exact) mass is 289 g/mol. The van der Waals surface area contributed by atoms with Gasteiger partial charge in [-0.15, -0.1) is 0 Å². The van der Waals surface area contributed by atoms with E-state index in [1.807, 2.05) is 0 Å². The van der Waals surface area contributed by atoms with Gasteiger partial charge in [0.05, 0.1) is 5.56 Å². The number of hydrogen-bond donors (Lipinski definition) is 1. The van der Waals surface area contributed by atoms with Crippen molar-refractivity contribution >= 4 is 17.4 Å². The largest absolute Gasteiger partial charge is 0.326 e. The van der Waals surface area contributed by atoms with Crippen LogP contribution in [0.2, 0.25) is 0 Å². The summed E-state index contributed by atoms with van der Waals surface area (Å²) >= 11 is 0. The molecule has 1 amide bonds. The highest BCUT2D eigenvalue weighted by atomic mass is 19.1. The molecule has 0 saturated heterocycles. The number of nitrogens with one attached hydrogen (secondary N) is 1. The zero-order valence-electron chi connectivity index (χ0n) is 11.5. The maximum Gasteiger partial charge on any atom is 0.221 e. The van der Waals surface area contributed by atoms with Gasteiger partial charge in [0.1, 0.15) is 11.6 Å². The fourth-order valence-corrected chi connectivity index (χ4v) is 1.89. The minimum Gasteiger partial charge on any atom is -0.326 e. The van der Waals surface area contributed by atoms with Gasteiger partial charge in [-0.1, -0.05) is 0 Å². The predicted molar refractivity (Wildman–Crippen MR) is 75.3 cm³/mol. The van der Waals surface area contributed by atoms with Crippen LogP contribution >= 0.6 is 0 Å². The minimum absolute atomic E-state index is 0.179. The van der Waals surface area contributed by atoms with E-state index in [9.17, 15) is 18.4 Å². The van der Waals surface area contributed by atoms with Crippen LogP contribution in [-0.2, 0) is 4.79 Å². The van der Waals surface area contributed by atoms with Gasteiger partial charge in [-0.25, -0.2) is 8.78 Å². The summed E-state index contributed by atoms with van der Waals surface area (Å²) < 4.78 is 26.9. The number of aryl methyl sites for hydroxylation is 1. The van der Waals surface area contributed by atoms with E-state index in [1.165, 1.54) is 32.0 Å². The molecule has 0 atom stereocenters. The highest BCUT2D eigenvalue weighted by Crippen LogP contribution is 2.19. The van der Waals surface area contributed by atoms with Crippen molar-refractivity contribution in [3.05, 3.63) is 64.7 Å². The molecule has 0 radical (unpaired) electrons. The van der Waals surface area contributed by atoms with Crippen LogP contribution < -0.4 is 5.32 Å². The highest BCUT2D eigenvalue weighted by molar-refractivity contribution is 6.09. The lowest BCUT2D eigenvalue weighted by atomic mass is 10.0. The fraction of sp³-hybridized carbons (Fsp3) is 0.125. The molecule has 0 aliphatic heterocycles. The van der Waals surface area contributed by atoms with Crippen LogP contribution in [0.3, 0.4) is 0 Å². The van der Waals surface area contributed by atoms with Crippen LogP contribution in [0.25, 0.3) is 0 Å². The molecular formula is C16H13F2NO2. The van der Waals surface area contributed by atoms with E-state index in [-0.39, 0.29) is 22.6 Å². The van der Waals surface area contributed by atoms with Crippen molar-refractivity contribution in [2.24, 2.45) is 0 Å². The molecule has 2 rings (SSSR count). The van der Waals surface area contributed by atoms with Crippen LogP contribution in [0, 0.1) is 18.6 Å². The molecular weight excluding hydrogens is 276 g/mol. The molecule has 0 spiro atoms. The maximum absolute atomic E-state index is 13.7. The third-order valence-electron chi connectivity index (χ3n) is 2.96. The highest BCUT2D eigenvalue weighted by Gasteiger charge is 2.16. The maximum atomic E-state index is 13.7. The molecule has 2 aromatic rings. The first-order valence-corrected chi connectivity index (χ1v) is 6.26. The van der Waals surface area contributed by atoms with Gasteiger partial charge in [-0.05, 0) is 42.8 Å².